The molecule has 3 aromatic rings. The highest BCUT2D eigenvalue weighted by atomic mass is 19.1. The van der Waals surface area contributed by atoms with E-state index in [1.54, 1.807) is 30.2 Å². The molecule has 19 heavy (non-hydrogen) atoms. The van der Waals surface area contributed by atoms with Crippen LogP contribution >= 0.6 is 0 Å². The predicted octanol–water partition coefficient (Wildman–Crippen LogP) is 0.784. The maximum absolute atomic E-state index is 13.5. The van der Waals surface area contributed by atoms with Crippen molar-refractivity contribution < 1.29 is 4.39 Å². The van der Waals surface area contributed by atoms with Gasteiger partial charge in [0.15, 0.2) is 5.82 Å². The molecular formula is C11H10FN7. The van der Waals surface area contributed by atoms with Gasteiger partial charge in [-0.1, -0.05) is 0 Å². The lowest BCUT2D eigenvalue weighted by Gasteiger charge is -2.03. The van der Waals surface area contributed by atoms with E-state index in [-0.39, 0.29) is 5.69 Å². The Bertz CT molecular complexity index is 730. The molecular weight excluding hydrogens is 249 g/mol. The summed E-state index contributed by atoms with van der Waals surface area (Å²) >= 11 is 0. The van der Waals surface area contributed by atoms with Crippen molar-refractivity contribution in [1.29, 1.82) is 0 Å². The van der Waals surface area contributed by atoms with Crippen molar-refractivity contribution in [3.63, 3.8) is 0 Å². The SMILES string of the molecule is Cn1cc(-n2nnnc2-c2ccc(N)c(F)c2)cn1. The molecule has 0 aliphatic rings. The van der Waals surface area contributed by atoms with E-state index in [4.69, 9.17) is 5.73 Å². The minimum absolute atomic E-state index is 0.0872. The summed E-state index contributed by atoms with van der Waals surface area (Å²) in [7, 11) is 1.79. The Balaban J connectivity index is 2.11. The van der Waals surface area contributed by atoms with Crippen molar-refractivity contribution in [3.8, 4) is 17.1 Å². The lowest BCUT2D eigenvalue weighted by molar-refractivity contribution is 0.632. The van der Waals surface area contributed by atoms with Crippen molar-refractivity contribution in [1.82, 2.24) is 30.0 Å². The quantitative estimate of drug-likeness (QED) is 0.687. The first-order valence-electron chi connectivity index (χ1n) is 5.48. The number of anilines is 1. The van der Waals surface area contributed by atoms with Gasteiger partial charge in [0.05, 0.1) is 18.1 Å². The van der Waals surface area contributed by atoms with Gasteiger partial charge < -0.3 is 5.73 Å². The first kappa shape index (κ1) is 11.3. The molecule has 3 rings (SSSR count). The largest absolute Gasteiger partial charge is 0.396 e. The molecule has 0 saturated carbocycles. The molecule has 2 heterocycles. The van der Waals surface area contributed by atoms with Crippen LogP contribution in [-0.4, -0.2) is 30.0 Å². The molecule has 8 heteroatoms. The van der Waals surface area contributed by atoms with Gasteiger partial charge in [-0.2, -0.15) is 9.78 Å². The highest BCUT2D eigenvalue weighted by Crippen LogP contribution is 2.22. The van der Waals surface area contributed by atoms with E-state index >= 15 is 0 Å². The number of nitrogen functional groups attached to an aromatic ring is 1. The first-order valence-corrected chi connectivity index (χ1v) is 5.48. The molecule has 96 valence electrons. The Morgan fingerprint density at radius 3 is 2.84 bits per heavy atom. The number of benzene rings is 1. The monoisotopic (exact) mass is 259 g/mol. The number of hydrogen-bond donors (Lipinski definition) is 1. The molecule has 0 saturated heterocycles. The highest BCUT2D eigenvalue weighted by molar-refractivity contribution is 5.60. The predicted molar refractivity (Wildman–Crippen MR) is 65.7 cm³/mol. The number of halogens is 1. The highest BCUT2D eigenvalue weighted by Gasteiger charge is 2.13. The van der Waals surface area contributed by atoms with E-state index in [1.165, 1.54) is 16.8 Å². The summed E-state index contributed by atoms with van der Waals surface area (Å²) in [4.78, 5) is 0. The Morgan fingerprint density at radius 1 is 1.32 bits per heavy atom. The van der Waals surface area contributed by atoms with E-state index in [1.807, 2.05) is 0 Å². The second kappa shape index (κ2) is 4.16. The zero-order valence-corrected chi connectivity index (χ0v) is 10.0. The summed E-state index contributed by atoms with van der Waals surface area (Å²) in [5.74, 6) is -0.0786. The molecule has 0 fully saturated rings. The van der Waals surface area contributed by atoms with E-state index in [9.17, 15) is 4.39 Å². The summed E-state index contributed by atoms with van der Waals surface area (Å²) in [5.41, 5.74) is 6.77. The van der Waals surface area contributed by atoms with Crippen LogP contribution in [0.1, 0.15) is 0 Å². The van der Waals surface area contributed by atoms with Crippen molar-refractivity contribution in [3.05, 3.63) is 36.4 Å². The normalized spacial score (nSPS) is 10.8. The minimum atomic E-state index is -0.502. The third-order valence-corrected chi connectivity index (χ3v) is 2.66. The van der Waals surface area contributed by atoms with Gasteiger partial charge in [-0.15, -0.1) is 5.10 Å². The van der Waals surface area contributed by atoms with Crippen molar-refractivity contribution in [2.24, 2.45) is 7.05 Å². The van der Waals surface area contributed by atoms with E-state index in [2.05, 4.69) is 20.6 Å². The molecule has 0 unspecified atom stereocenters. The fourth-order valence-corrected chi connectivity index (χ4v) is 1.72. The van der Waals surface area contributed by atoms with Gasteiger partial charge in [-0.25, -0.2) is 4.39 Å². The summed E-state index contributed by atoms with van der Waals surface area (Å²) in [6, 6.07) is 4.44. The van der Waals surface area contributed by atoms with Crippen LogP contribution in [0.15, 0.2) is 30.6 Å². The van der Waals surface area contributed by atoms with Gasteiger partial charge >= 0.3 is 0 Å². The van der Waals surface area contributed by atoms with Gasteiger partial charge in [0, 0.05) is 12.6 Å². The van der Waals surface area contributed by atoms with Gasteiger partial charge in [-0.3, -0.25) is 4.68 Å². The standard InChI is InChI=1S/C11H10FN7/c1-18-6-8(5-14-18)19-11(15-16-17-19)7-2-3-10(13)9(12)4-7/h2-6H,13H2,1H3. The zero-order valence-electron chi connectivity index (χ0n) is 10.0. The average Bonchev–Trinajstić information content (AvgIpc) is 3.00. The van der Waals surface area contributed by atoms with Gasteiger partial charge in [-0.05, 0) is 28.6 Å². The van der Waals surface area contributed by atoms with Crippen LogP contribution < -0.4 is 5.73 Å². The van der Waals surface area contributed by atoms with Crippen LogP contribution in [0.4, 0.5) is 10.1 Å². The smallest absolute Gasteiger partial charge is 0.187 e. The maximum atomic E-state index is 13.5. The van der Waals surface area contributed by atoms with Gasteiger partial charge in [0.1, 0.15) is 11.5 Å². The van der Waals surface area contributed by atoms with Crippen molar-refractivity contribution in [2.45, 2.75) is 0 Å². The Hall–Kier alpha value is -2.77. The second-order valence-corrected chi connectivity index (χ2v) is 4.02. The number of tetrazole rings is 1. The fourth-order valence-electron chi connectivity index (χ4n) is 1.72. The van der Waals surface area contributed by atoms with E-state index in [0.717, 1.165) is 0 Å². The van der Waals surface area contributed by atoms with Crippen LogP contribution in [0, 0.1) is 5.82 Å². The third-order valence-electron chi connectivity index (χ3n) is 2.66. The molecule has 0 aliphatic heterocycles. The van der Waals surface area contributed by atoms with Gasteiger partial charge in [0.2, 0.25) is 0 Å². The van der Waals surface area contributed by atoms with Crippen molar-refractivity contribution in [2.75, 3.05) is 5.73 Å². The zero-order chi connectivity index (χ0) is 13.4. The first-order chi connectivity index (χ1) is 9.15. The number of rotatable bonds is 2. The molecule has 7 nitrogen and oxygen atoms in total. The Labute approximate surface area is 107 Å². The minimum Gasteiger partial charge on any atom is -0.396 e. The Morgan fingerprint density at radius 2 is 2.16 bits per heavy atom. The summed E-state index contributed by atoms with van der Waals surface area (Å²) in [5, 5.41) is 15.4. The third kappa shape index (κ3) is 1.92. The number of aryl methyl sites for hydroxylation is 1. The summed E-state index contributed by atoms with van der Waals surface area (Å²) < 4.78 is 16.6. The molecule has 0 radical (unpaired) electrons. The van der Waals surface area contributed by atoms with Crippen LogP contribution in [0.5, 0.6) is 0 Å². The molecule has 2 N–H and O–H groups in total. The van der Waals surface area contributed by atoms with Crippen LogP contribution in [0.3, 0.4) is 0 Å². The molecule has 0 spiro atoms. The number of hydrogen-bond acceptors (Lipinski definition) is 5. The van der Waals surface area contributed by atoms with Crippen molar-refractivity contribution >= 4 is 5.69 Å². The molecule has 1 aromatic carbocycles. The maximum Gasteiger partial charge on any atom is 0.187 e. The second-order valence-electron chi connectivity index (χ2n) is 4.02. The van der Waals surface area contributed by atoms with E-state index in [0.29, 0.717) is 17.1 Å². The number of aromatic nitrogens is 6. The molecule has 0 aliphatic carbocycles. The van der Waals surface area contributed by atoms with Gasteiger partial charge in [0.25, 0.3) is 0 Å². The molecule has 2 aromatic heterocycles. The Kier molecular flexibility index (Phi) is 2.48. The van der Waals surface area contributed by atoms with E-state index < -0.39 is 5.82 Å². The topological polar surface area (TPSA) is 87.4 Å². The number of nitrogens with zero attached hydrogens (tertiary/aromatic N) is 6. The van der Waals surface area contributed by atoms with Crippen LogP contribution in [-0.2, 0) is 7.05 Å². The molecule has 0 amide bonds. The van der Waals surface area contributed by atoms with Crippen LogP contribution in [0.2, 0.25) is 0 Å². The lowest BCUT2D eigenvalue weighted by atomic mass is 10.2. The van der Waals surface area contributed by atoms with Crippen LogP contribution in [0.25, 0.3) is 17.1 Å². The summed E-state index contributed by atoms with van der Waals surface area (Å²) in [6.45, 7) is 0. The lowest BCUT2D eigenvalue weighted by Crippen LogP contribution is -1.99. The number of nitrogens with two attached hydrogens (primary N) is 1. The molecule has 0 bridgehead atoms. The average molecular weight is 259 g/mol. The molecule has 0 atom stereocenters. The summed E-state index contributed by atoms with van der Waals surface area (Å²) in [6.07, 6.45) is 3.38. The fraction of sp³-hybridized carbons (Fsp3) is 0.0909.